The van der Waals surface area contributed by atoms with E-state index in [2.05, 4.69) is 15.0 Å². The Balaban J connectivity index is 2.11. The number of hydrogen-bond acceptors (Lipinski definition) is 4. The number of nitrogens with zero attached hydrogens (tertiary/aromatic N) is 3. The molecular weight excluding hydrogens is 266 g/mol. The highest BCUT2D eigenvalue weighted by atomic mass is 16.4. The predicted octanol–water partition coefficient (Wildman–Crippen LogP) is 2.95. The minimum Gasteiger partial charge on any atom is -0.478 e. The molecule has 0 saturated carbocycles. The molecule has 0 aliphatic carbocycles. The lowest BCUT2D eigenvalue weighted by Gasteiger charge is -2.06. The fraction of sp³-hybridized carbons (Fsp3) is 0.125. The number of benzene rings is 1. The molecule has 2 heterocycles. The van der Waals surface area contributed by atoms with E-state index in [1.807, 2.05) is 43.3 Å². The summed E-state index contributed by atoms with van der Waals surface area (Å²) in [7, 11) is 0. The minimum atomic E-state index is -1.01. The zero-order valence-electron chi connectivity index (χ0n) is 11.4. The molecule has 0 aliphatic heterocycles. The third kappa shape index (κ3) is 2.45. The molecule has 1 N–H and O–H groups in total. The molecule has 0 unspecified atom stereocenters. The van der Waals surface area contributed by atoms with Crippen molar-refractivity contribution in [1.29, 1.82) is 0 Å². The standard InChI is InChI=1S/C16H13N3O2/c1-2-12-11(16(20)21)9-17-15(19-12)14-8-7-10-5-3-4-6-13(10)18-14/h3-9H,2H2,1H3,(H,20,21). The summed E-state index contributed by atoms with van der Waals surface area (Å²) in [6.07, 6.45) is 1.88. The SMILES string of the molecule is CCc1nc(-c2ccc3ccccc3n2)ncc1C(=O)O. The van der Waals surface area contributed by atoms with Gasteiger partial charge in [0, 0.05) is 11.6 Å². The molecule has 104 valence electrons. The fourth-order valence-electron chi connectivity index (χ4n) is 2.18. The molecule has 0 radical (unpaired) electrons. The van der Waals surface area contributed by atoms with E-state index >= 15 is 0 Å². The number of fused-ring (bicyclic) bond motifs is 1. The third-order valence-electron chi connectivity index (χ3n) is 3.26. The highest BCUT2D eigenvalue weighted by Gasteiger charge is 2.13. The van der Waals surface area contributed by atoms with Gasteiger partial charge in [-0.1, -0.05) is 31.2 Å². The topological polar surface area (TPSA) is 76.0 Å². The molecule has 21 heavy (non-hydrogen) atoms. The van der Waals surface area contributed by atoms with Crippen LogP contribution in [0.2, 0.25) is 0 Å². The summed E-state index contributed by atoms with van der Waals surface area (Å²) in [5.41, 5.74) is 2.16. The Hall–Kier alpha value is -2.82. The molecule has 0 spiro atoms. The van der Waals surface area contributed by atoms with Gasteiger partial charge in [0.25, 0.3) is 0 Å². The van der Waals surface area contributed by atoms with Gasteiger partial charge in [-0.25, -0.2) is 19.7 Å². The fourth-order valence-corrected chi connectivity index (χ4v) is 2.18. The number of hydrogen-bond donors (Lipinski definition) is 1. The van der Waals surface area contributed by atoms with Gasteiger partial charge in [-0.2, -0.15) is 0 Å². The monoisotopic (exact) mass is 279 g/mol. The molecule has 1 aromatic carbocycles. The molecule has 0 atom stereocenters. The van der Waals surface area contributed by atoms with E-state index in [0.29, 0.717) is 23.6 Å². The lowest BCUT2D eigenvalue weighted by Crippen LogP contribution is -2.07. The van der Waals surface area contributed by atoms with E-state index in [4.69, 9.17) is 5.11 Å². The summed E-state index contributed by atoms with van der Waals surface area (Å²) in [6.45, 7) is 1.87. The van der Waals surface area contributed by atoms with E-state index in [0.717, 1.165) is 10.9 Å². The molecule has 2 aromatic heterocycles. The summed E-state index contributed by atoms with van der Waals surface area (Å²) in [5.74, 6) is -0.563. The average Bonchev–Trinajstić information content (AvgIpc) is 2.53. The van der Waals surface area contributed by atoms with Gasteiger partial charge < -0.3 is 5.11 Å². The van der Waals surface area contributed by atoms with Gasteiger partial charge in [-0.05, 0) is 18.6 Å². The van der Waals surface area contributed by atoms with E-state index in [-0.39, 0.29) is 5.56 Å². The molecule has 3 aromatic rings. The van der Waals surface area contributed by atoms with Crippen molar-refractivity contribution in [3.05, 3.63) is 53.9 Å². The van der Waals surface area contributed by atoms with Crippen LogP contribution in [-0.4, -0.2) is 26.0 Å². The van der Waals surface area contributed by atoms with Crippen LogP contribution in [0.4, 0.5) is 0 Å². The summed E-state index contributed by atoms with van der Waals surface area (Å²) < 4.78 is 0. The Morgan fingerprint density at radius 3 is 2.71 bits per heavy atom. The predicted molar refractivity (Wildman–Crippen MR) is 79.1 cm³/mol. The number of carboxylic acids is 1. The number of para-hydroxylation sites is 1. The Bertz CT molecular complexity index is 831. The van der Waals surface area contributed by atoms with Crippen LogP contribution in [0.15, 0.2) is 42.6 Å². The Morgan fingerprint density at radius 1 is 1.14 bits per heavy atom. The number of carbonyl (C=O) groups is 1. The van der Waals surface area contributed by atoms with Crippen molar-refractivity contribution in [3.8, 4) is 11.5 Å². The second-order valence-corrected chi connectivity index (χ2v) is 4.60. The van der Waals surface area contributed by atoms with Gasteiger partial charge in [0.2, 0.25) is 0 Å². The largest absolute Gasteiger partial charge is 0.478 e. The number of rotatable bonds is 3. The second-order valence-electron chi connectivity index (χ2n) is 4.60. The maximum Gasteiger partial charge on any atom is 0.339 e. The molecular formula is C16H13N3O2. The van der Waals surface area contributed by atoms with Gasteiger partial charge in [0.15, 0.2) is 5.82 Å². The second kappa shape index (κ2) is 5.28. The molecule has 0 amide bonds. The molecule has 0 aliphatic rings. The molecule has 5 heteroatoms. The van der Waals surface area contributed by atoms with Crippen molar-refractivity contribution in [2.45, 2.75) is 13.3 Å². The van der Waals surface area contributed by atoms with Gasteiger partial charge in [0.05, 0.1) is 16.8 Å². The highest BCUT2D eigenvalue weighted by molar-refractivity contribution is 5.88. The number of aromatic nitrogens is 3. The van der Waals surface area contributed by atoms with Crippen molar-refractivity contribution in [1.82, 2.24) is 15.0 Å². The first-order chi connectivity index (χ1) is 10.2. The maximum atomic E-state index is 11.1. The van der Waals surface area contributed by atoms with E-state index in [9.17, 15) is 4.79 Å². The Labute approximate surface area is 121 Å². The molecule has 0 bridgehead atoms. The number of pyridine rings is 1. The van der Waals surface area contributed by atoms with Crippen molar-refractivity contribution in [3.63, 3.8) is 0 Å². The van der Waals surface area contributed by atoms with Crippen molar-refractivity contribution < 1.29 is 9.90 Å². The summed E-state index contributed by atoms with van der Waals surface area (Å²) in [4.78, 5) is 24.1. The lowest BCUT2D eigenvalue weighted by atomic mass is 10.1. The van der Waals surface area contributed by atoms with Crippen LogP contribution in [0.25, 0.3) is 22.4 Å². The van der Waals surface area contributed by atoms with Crippen molar-refractivity contribution >= 4 is 16.9 Å². The molecule has 0 saturated heterocycles. The molecule has 3 rings (SSSR count). The van der Waals surface area contributed by atoms with Crippen molar-refractivity contribution in [2.24, 2.45) is 0 Å². The smallest absolute Gasteiger partial charge is 0.339 e. The zero-order valence-corrected chi connectivity index (χ0v) is 11.4. The lowest BCUT2D eigenvalue weighted by molar-refractivity contribution is 0.0694. The van der Waals surface area contributed by atoms with Gasteiger partial charge >= 0.3 is 5.97 Å². The summed E-state index contributed by atoms with van der Waals surface area (Å²) >= 11 is 0. The van der Waals surface area contributed by atoms with Gasteiger partial charge in [-0.3, -0.25) is 0 Å². The first kappa shape index (κ1) is 13.2. The van der Waals surface area contributed by atoms with Crippen LogP contribution in [0, 0.1) is 0 Å². The van der Waals surface area contributed by atoms with Gasteiger partial charge in [-0.15, -0.1) is 0 Å². The maximum absolute atomic E-state index is 11.1. The van der Waals surface area contributed by atoms with Crippen LogP contribution in [0.1, 0.15) is 23.0 Å². The van der Waals surface area contributed by atoms with Crippen LogP contribution in [0.3, 0.4) is 0 Å². The molecule has 0 fully saturated rings. The van der Waals surface area contributed by atoms with Crippen LogP contribution < -0.4 is 0 Å². The third-order valence-corrected chi connectivity index (χ3v) is 3.26. The zero-order chi connectivity index (χ0) is 14.8. The number of aryl methyl sites for hydroxylation is 1. The number of carboxylic acid groups (broad SMARTS) is 1. The van der Waals surface area contributed by atoms with Crippen LogP contribution in [-0.2, 0) is 6.42 Å². The minimum absolute atomic E-state index is 0.141. The summed E-state index contributed by atoms with van der Waals surface area (Å²) in [6, 6.07) is 11.6. The highest BCUT2D eigenvalue weighted by Crippen LogP contribution is 2.19. The quantitative estimate of drug-likeness (QED) is 0.797. The van der Waals surface area contributed by atoms with E-state index in [1.165, 1.54) is 6.20 Å². The average molecular weight is 279 g/mol. The molecule has 5 nitrogen and oxygen atoms in total. The Morgan fingerprint density at radius 2 is 1.95 bits per heavy atom. The Kier molecular flexibility index (Phi) is 3.31. The van der Waals surface area contributed by atoms with Crippen LogP contribution >= 0.6 is 0 Å². The summed E-state index contributed by atoms with van der Waals surface area (Å²) in [5, 5.41) is 10.1. The van der Waals surface area contributed by atoms with Crippen LogP contribution in [0.5, 0.6) is 0 Å². The van der Waals surface area contributed by atoms with E-state index in [1.54, 1.807) is 0 Å². The normalized spacial score (nSPS) is 10.7. The first-order valence-electron chi connectivity index (χ1n) is 6.64. The van der Waals surface area contributed by atoms with Gasteiger partial charge in [0.1, 0.15) is 5.69 Å². The van der Waals surface area contributed by atoms with Crippen molar-refractivity contribution in [2.75, 3.05) is 0 Å². The first-order valence-corrected chi connectivity index (χ1v) is 6.64. The number of aromatic carboxylic acids is 1. The van der Waals surface area contributed by atoms with E-state index < -0.39 is 5.97 Å².